The summed E-state index contributed by atoms with van der Waals surface area (Å²) < 4.78 is 4.99. The van der Waals surface area contributed by atoms with E-state index in [-0.39, 0.29) is 18.6 Å². The summed E-state index contributed by atoms with van der Waals surface area (Å²) in [6.45, 7) is 6.84. The van der Waals surface area contributed by atoms with Crippen molar-refractivity contribution in [2.24, 2.45) is 5.92 Å². The first-order chi connectivity index (χ1) is 12.1. The molecule has 0 bridgehead atoms. The van der Waals surface area contributed by atoms with Crippen LogP contribution in [0.15, 0.2) is 24.3 Å². The third-order valence-corrected chi connectivity index (χ3v) is 3.87. The van der Waals surface area contributed by atoms with Crippen LogP contribution in [0.25, 0.3) is 0 Å². The van der Waals surface area contributed by atoms with Crippen LogP contribution in [0.2, 0.25) is 5.02 Å². The van der Waals surface area contributed by atoms with Crippen molar-refractivity contribution in [2.75, 3.05) is 6.54 Å². The molecule has 0 saturated heterocycles. The average Bonchev–Trinajstić information content (AvgIpc) is 2.53. The lowest BCUT2D eigenvalue weighted by molar-refractivity contribution is -0.138. The van der Waals surface area contributed by atoms with Crippen LogP contribution in [0.3, 0.4) is 0 Å². The maximum atomic E-state index is 12.4. The zero-order chi connectivity index (χ0) is 19.9. The zero-order valence-electron chi connectivity index (χ0n) is 15.3. The second-order valence-corrected chi connectivity index (χ2v) is 6.94. The van der Waals surface area contributed by atoms with Crippen molar-refractivity contribution in [3.05, 3.63) is 34.9 Å². The first kappa shape index (κ1) is 21.8. The highest BCUT2D eigenvalue weighted by Crippen LogP contribution is 2.18. The largest absolute Gasteiger partial charge is 0.481 e. The summed E-state index contributed by atoms with van der Waals surface area (Å²) in [6.07, 6.45) is -1.01. The standard InChI is InChI=1S/C18H25ClN2O5/c1-10(2)15(21-18(25)26-11(3)4)16(22)20-9-14(17(23)24)12-5-7-13(19)8-6-12/h5-8,10-11,14-15H,9H2,1-4H3,(H,20,22)(H,21,25)(H,23,24)/t14?,15-/m0/s1. The number of aliphatic carboxylic acids is 1. The van der Waals surface area contributed by atoms with Gasteiger partial charge >= 0.3 is 12.1 Å². The van der Waals surface area contributed by atoms with E-state index in [1.807, 2.05) is 0 Å². The summed E-state index contributed by atoms with van der Waals surface area (Å²) in [7, 11) is 0. The number of ether oxygens (including phenoxy) is 1. The predicted octanol–water partition coefficient (Wildman–Crippen LogP) is 2.78. The lowest BCUT2D eigenvalue weighted by atomic mass is 9.98. The quantitative estimate of drug-likeness (QED) is 0.639. The number of hydrogen-bond donors (Lipinski definition) is 3. The van der Waals surface area contributed by atoms with Gasteiger partial charge in [-0.25, -0.2) is 4.79 Å². The Hall–Kier alpha value is -2.28. The number of rotatable bonds is 8. The minimum atomic E-state index is -1.07. The van der Waals surface area contributed by atoms with Gasteiger partial charge < -0.3 is 20.5 Å². The van der Waals surface area contributed by atoms with Gasteiger partial charge in [0.2, 0.25) is 5.91 Å². The van der Waals surface area contributed by atoms with Gasteiger partial charge in [0.05, 0.1) is 12.0 Å². The Kier molecular flexibility index (Phi) is 8.38. The zero-order valence-corrected chi connectivity index (χ0v) is 16.0. The molecular weight excluding hydrogens is 360 g/mol. The Morgan fingerprint density at radius 1 is 1.12 bits per heavy atom. The highest BCUT2D eigenvalue weighted by Gasteiger charge is 2.27. The Morgan fingerprint density at radius 2 is 1.69 bits per heavy atom. The number of carboxylic acid groups (broad SMARTS) is 1. The molecule has 2 amide bonds. The number of benzene rings is 1. The Balaban J connectivity index is 2.76. The molecule has 0 radical (unpaired) electrons. The van der Waals surface area contributed by atoms with Crippen molar-refractivity contribution in [1.82, 2.24) is 10.6 Å². The molecule has 0 aliphatic heterocycles. The molecule has 0 spiro atoms. The molecule has 1 aromatic rings. The van der Waals surface area contributed by atoms with Crippen LogP contribution < -0.4 is 10.6 Å². The van der Waals surface area contributed by atoms with Crippen LogP contribution in [0.4, 0.5) is 4.79 Å². The minimum absolute atomic E-state index is 0.111. The van der Waals surface area contributed by atoms with Gasteiger partial charge in [-0.1, -0.05) is 37.6 Å². The van der Waals surface area contributed by atoms with Gasteiger partial charge in [0.25, 0.3) is 0 Å². The van der Waals surface area contributed by atoms with Gasteiger partial charge in [-0.2, -0.15) is 0 Å². The highest BCUT2D eigenvalue weighted by atomic mass is 35.5. The number of hydrogen-bond acceptors (Lipinski definition) is 4. The second-order valence-electron chi connectivity index (χ2n) is 6.51. The lowest BCUT2D eigenvalue weighted by Gasteiger charge is -2.23. The first-order valence-corrected chi connectivity index (χ1v) is 8.72. The van der Waals surface area contributed by atoms with E-state index in [0.717, 1.165) is 0 Å². The number of nitrogens with one attached hydrogen (secondary N) is 2. The molecule has 26 heavy (non-hydrogen) atoms. The van der Waals surface area contributed by atoms with Crippen LogP contribution in [0, 0.1) is 5.92 Å². The van der Waals surface area contributed by atoms with Crippen molar-refractivity contribution < 1.29 is 24.2 Å². The molecule has 0 fully saturated rings. The summed E-state index contributed by atoms with van der Waals surface area (Å²) in [5.41, 5.74) is 0.524. The van der Waals surface area contributed by atoms with E-state index in [1.54, 1.807) is 52.0 Å². The maximum absolute atomic E-state index is 12.4. The predicted molar refractivity (Wildman–Crippen MR) is 98.2 cm³/mol. The normalized spacial score (nSPS) is 13.2. The molecular formula is C18H25ClN2O5. The van der Waals surface area contributed by atoms with Crippen molar-refractivity contribution in [1.29, 1.82) is 0 Å². The fraction of sp³-hybridized carbons (Fsp3) is 0.500. The summed E-state index contributed by atoms with van der Waals surface area (Å²) in [5, 5.41) is 15.0. The molecule has 8 heteroatoms. The third kappa shape index (κ3) is 6.92. The summed E-state index contributed by atoms with van der Waals surface area (Å²) in [6, 6.07) is 5.56. The number of carbonyl (C=O) groups excluding carboxylic acids is 2. The second kappa shape index (κ2) is 10.0. The molecule has 3 N–H and O–H groups in total. The topological polar surface area (TPSA) is 105 Å². The molecule has 0 aromatic heterocycles. The molecule has 144 valence electrons. The molecule has 0 aliphatic rings. The van der Waals surface area contributed by atoms with Crippen LogP contribution in [0.5, 0.6) is 0 Å². The minimum Gasteiger partial charge on any atom is -0.481 e. The third-order valence-electron chi connectivity index (χ3n) is 3.62. The van der Waals surface area contributed by atoms with Gasteiger partial charge in [0.1, 0.15) is 6.04 Å². The molecule has 0 heterocycles. The summed E-state index contributed by atoms with van der Waals surface area (Å²) in [4.78, 5) is 35.7. The molecule has 0 aliphatic carbocycles. The van der Waals surface area contributed by atoms with E-state index in [0.29, 0.717) is 10.6 Å². The lowest BCUT2D eigenvalue weighted by Crippen LogP contribution is -2.51. The fourth-order valence-corrected chi connectivity index (χ4v) is 2.39. The van der Waals surface area contributed by atoms with Crippen molar-refractivity contribution >= 4 is 29.6 Å². The highest BCUT2D eigenvalue weighted by molar-refractivity contribution is 6.30. The SMILES string of the molecule is CC(C)OC(=O)N[C@H](C(=O)NCC(C(=O)O)c1ccc(Cl)cc1)C(C)C. The van der Waals surface area contributed by atoms with Crippen molar-refractivity contribution in [3.63, 3.8) is 0 Å². The van der Waals surface area contributed by atoms with E-state index in [4.69, 9.17) is 16.3 Å². The maximum Gasteiger partial charge on any atom is 0.408 e. The first-order valence-electron chi connectivity index (χ1n) is 8.35. The van der Waals surface area contributed by atoms with Gasteiger partial charge in [-0.3, -0.25) is 9.59 Å². The van der Waals surface area contributed by atoms with Crippen LogP contribution >= 0.6 is 11.6 Å². The summed E-state index contributed by atoms with van der Waals surface area (Å²) >= 11 is 5.81. The number of alkyl carbamates (subject to hydrolysis) is 1. The van der Waals surface area contributed by atoms with E-state index < -0.39 is 29.9 Å². The number of carboxylic acids is 1. The van der Waals surface area contributed by atoms with E-state index in [2.05, 4.69) is 10.6 Å². The molecule has 1 aromatic carbocycles. The number of carbonyl (C=O) groups is 3. The van der Waals surface area contributed by atoms with Crippen molar-refractivity contribution in [2.45, 2.75) is 45.8 Å². The Morgan fingerprint density at radius 3 is 2.15 bits per heavy atom. The molecule has 7 nitrogen and oxygen atoms in total. The Bertz CT molecular complexity index is 631. The molecule has 2 atom stereocenters. The van der Waals surface area contributed by atoms with Gasteiger partial charge in [0.15, 0.2) is 0 Å². The molecule has 1 unspecified atom stereocenters. The van der Waals surface area contributed by atoms with Crippen LogP contribution in [-0.2, 0) is 14.3 Å². The van der Waals surface area contributed by atoms with Crippen LogP contribution in [0.1, 0.15) is 39.2 Å². The average molecular weight is 385 g/mol. The van der Waals surface area contributed by atoms with Gasteiger partial charge in [-0.05, 0) is 37.5 Å². The smallest absolute Gasteiger partial charge is 0.408 e. The summed E-state index contributed by atoms with van der Waals surface area (Å²) in [5.74, 6) is -2.66. The van der Waals surface area contributed by atoms with Gasteiger partial charge in [0, 0.05) is 11.6 Å². The fourth-order valence-electron chi connectivity index (χ4n) is 2.27. The number of halogens is 1. The van der Waals surface area contributed by atoms with E-state index >= 15 is 0 Å². The number of amides is 2. The monoisotopic (exact) mass is 384 g/mol. The molecule has 0 saturated carbocycles. The molecule has 1 rings (SSSR count). The van der Waals surface area contributed by atoms with Gasteiger partial charge in [-0.15, -0.1) is 0 Å². The van der Waals surface area contributed by atoms with Crippen molar-refractivity contribution in [3.8, 4) is 0 Å². The van der Waals surface area contributed by atoms with E-state index in [1.165, 1.54) is 0 Å². The van der Waals surface area contributed by atoms with E-state index in [9.17, 15) is 19.5 Å². The van der Waals surface area contributed by atoms with Crippen LogP contribution in [-0.4, -0.2) is 41.8 Å². The Labute approximate surface area is 158 Å².